The molecule has 4 nitrogen and oxygen atoms in total. The Morgan fingerprint density at radius 3 is 2.57 bits per heavy atom. The fourth-order valence-electron chi connectivity index (χ4n) is 2.89. The van der Waals surface area contributed by atoms with Gasteiger partial charge >= 0.3 is 6.09 Å². The van der Waals surface area contributed by atoms with Gasteiger partial charge in [-0.05, 0) is 58.4 Å². The number of amides is 1. The molecule has 1 fully saturated rings. The Labute approximate surface area is 130 Å². The number of nitrogens with zero attached hydrogens (tertiary/aromatic N) is 1. The fourth-order valence-corrected chi connectivity index (χ4v) is 2.89. The van der Waals surface area contributed by atoms with Crippen LogP contribution in [0.25, 0.3) is 0 Å². The highest BCUT2D eigenvalue weighted by Gasteiger charge is 2.33. The van der Waals surface area contributed by atoms with Crippen molar-refractivity contribution in [2.75, 3.05) is 19.6 Å². The minimum Gasteiger partial charge on any atom is -0.444 e. The average molecular weight is 298 g/mol. The summed E-state index contributed by atoms with van der Waals surface area (Å²) in [6.45, 7) is 15.2. The minimum atomic E-state index is -0.410. The first-order valence-corrected chi connectivity index (χ1v) is 8.44. The van der Waals surface area contributed by atoms with Crippen LogP contribution in [-0.2, 0) is 4.74 Å². The van der Waals surface area contributed by atoms with Crippen LogP contribution in [0.5, 0.6) is 0 Å². The van der Waals surface area contributed by atoms with E-state index in [0.29, 0.717) is 17.9 Å². The second-order valence-electron chi connectivity index (χ2n) is 7.67. The van der Waals surface area contributed by atoms with Gasteiger partial charge in [0, 0.05) is 19.1 Å². The molecule has 0 aromatic heterocycles. The summed E-state index contributed by atoms with van der Waals surface area (Å²) in [5, 5.41) is 3.67. The number of nitrogens with one attached hydrogen (secondary N) is 1. The van der Waals surface area contributed by atoms with Gasteiger partial charge in [-0.15, -0.1) is 0 Å². The lowest BCUT2D eigenvalue weighted by Crippen LogP contribution is -2.41. The van der Waals surface area contributed by atoms with Gasteiger partial charge in [-0.1, -0.05) is 20.8 Å². The third kappa shape index (κ3) is 6.68. The zero-order valence-electron chi connectivity index (χ0n) is 14.7. The van der Waals surface area contributed by atoms with Crippen LogP contribution in [0.1, 0.15) is 60.8 Å². The van der Waals surface area contributed by atoms with Crippen molar-refractivity contribution in [2.45, 2.75) is 72.4 Å². The molecule has 0 spiro atoms. The topological polar surface area (TPSA) is 41.6 Å². The third-order valence-corrected chi connectivity index (χ3v) is 3.83. The number of carbonyl (C=O) groups is 1. The van der Waals surface area contributed by atoms with Gasteiger partial charge in [0.1, 0.15) is 5.60 Å². The van der Waals surface area contributed by atoms with Crippen molar-refractivity contribution in [1.82, 2.24) is 10.2 Å². The summed E-state index contributed by atoms with van der Waals surface area (Å²) in [7, 11) is 0. The molecule has 1 rings (SSSR count). The van der Waals surface area contributed by atoms with Gasteiger partial charge in [-0.25, -0.2) is 4.79 Å². The highest BCUT2D eigenvalue weighted by atomic mass is 16.6. The molecular formula is C17H34N2O2. The zero-order valence-corrected chi connectivity index (χ0v) is 14.7. The van der Waals surface area contributed by atoms with Crippen LogP contribution in [0, 0.1) is 11.8 Å². The summed E-state index contributed by atoms with van der Waals surface area (Å²) in [5.41, 5.74) is -0.410. The predicted molar refractivity (Wildman–Crippen MR) is 87.5 cm³/mol. The first-order valence-electron chi connectivity index (χ1n) is 8.44. The van der Waals surface area contributed by atoms with E-state index in [4.69, 9.17) is 4.74 Å². The molecule has 2 unspecified atom stereocenters. The largest absolute Gasteiger partial charge is 0.444 e. The van der Waals surface area contributed by atoms with Crippen LogP contribution in [0.15, 0.2) is 0 Å². The summed E-state index contributed by atoms with van der Waals surface area (Å²) >= 11 is 0. The molecule has 0 aromatic carbocycles. The van der Waals surface area contributed by atoms with E-state index in [0.717, 1.165) is 32.5 Å². The van der Waals surface area contributed by atoms with E-state index in [2.05, 4.69) is 26.1 Å². The van der Waals surface area contributed by atoms with Gasteiger partial charge in [0.25, 0.3) is 0 Å². The van der Waals surface area contributed by atoms with Crippen molar-refractivity contribution in [3.05, 3.63) is 0 Å². The molecule has 0 aromatic rings. The number of rotatable bonds is 6. The van der Waals surface area contributed by atoms with Gasteiger partial charge < -0.3 is 15.0 Å². The fraction of sp³-hybridized carbons (Fsp3) is 0.941. The van der Waals surface area contributed by atoms with Crippen molar-refractivity contribution in [3.8, 4) is 0 Å². The smallest absolute Gasteiger partial charge is 0.410 e. The molecule has 21 heavy (non-hydrogen) atoms. The molecule has 0 radical (unpaired) electrons. The Bertz CT molecular complexity index is 323. The lowest BCUT2D eigenvalue weighted by molar-refractivity contribution is 0.0285. The zero-order chi connectivity index (χ0) is 16.0. The normalized spacial score (nSPS) is 20.9. The molecule has 0 aliphatic carbocycles. The average Bonchev–Trinajstić information content (AvgIpc) is 2.81. The van der Waals surface area contributed by atoms with E-state index in [-0.39, 0.29) is 6.09 Å². The highest BCUT2D eigenvalue weighted by molar-refractivity contribution is 5.68. The highest BCUT2D eigenvalue weighted by Crippen LogP contribution is 2.25. The maximum Gasteiger partial charge on any atom is 0.410 e. The molecule has 2 atom stereocenters. The maximum absolute atomic E-state index is 12.1. The van der Waals surface area contributed by atoms with Gasteiger partial charge in [0.05, 0.1) is 0 Å². The summed E-state index contributed by atoms with van der Waals surface area (Å²) in [6, 6.07) is 0.511. The SMILES string of the molecule is CCCNC(CC(C)C)C1CCN(C(=O)OC(C)(C)C)C1. The van der Waals surface area contributed by atoms with Crippen molar-refractivity contribution in [2.24, 2.45) is 11.8 Å². The van der Waals surface area contributed by atoms with Crippen molar-refractivity contribution >= 4 is 6.09 Å². The molecule has 1 saturated heterocycles. The third-order valence-electron chi connectivity index (χ3n) is 3.83. The van der Waals surface area contributed by atoms with E-state index >= 15 is 0 Å². The number of ether oxygens (including phenoxy) is 1. The molecule has 1 aliphatic heterocycles. The first kappa shape index (κ1) is 18.3. The van der Waals surface area contributed by atoms with Gasteiger partial charge in [0.15, 0.2) is 0 Å². The second kappa shape index (κ2) is 8.02. The van der Waals surface area contributed by atoms with Crippen LogP contribution in [0.2, 0.25) is 0 Å². The van der Waals surface area contributed by atoms with E-state index in [9.17, 15) is 4.79 Å². The number of likely N-dealkylation sites (tertiary alicyclic amines) is 1. The molecule has 1 N–H and O–H groups in total. The summed E-state index contributed by atoms with van der Waals surface area (Å²) in [5.74, 6) is 1.22. The molecule has 1 aliphatic rings. The molecule has 1 amide bonds. The Morgan fingerprint density at radius 2 is 2.05 bits per heavy atom. The van der Waals surface area contributed by atoms with Crippen molar-refractivity contribution in [3.63, 3.8) is 0 Å². The van der Waals surface area contributed by atoms with Gasteiger partial charge in [-0.3, -0.25) is 0 Å². The standard InChI is InChI=1S/C17H34N2O2/c1-7-9-18-15(11-13(2)3)14-8-10-19(12-14)16(20)21-17(4,5)6/h13-15,18H,7-12H2,1-6H3. The molecular weight excluding hydrogens is 264 g/mol. The van der Waals surface area contributed by atoms with Gasteiger partial charge in [-0.2, -0.15) is 0 Å². The van der Waals surface area contributed by atoms with E-state index in [1.165, 1.54) is 6.42 Å². The molecule has 0 bridgehead atoms. The van der Waals surface area contributed by atoms with Crippen molar-refractivity contribution in [1.29, 1.82) is 0 Å². The lowest BCUT2D eigenvalue weighted by atomic mass is 9.91. The summed E-state index contributed by atoms with van der Waals surface area (Å²) in [4.78, 5) is 14.0. The van der Waals surface area contributed by atoms with Crippen LogP contribution in [0.3, 0.4) is 0 Å². The summed E-state index contributed by atoms with van der Waals surface area (Å²) < 4.78 is 5.48. The van der Waals surface area contributed by atoms with E-state index in [1.807, 2.05) is 25.7 Å². The first-order chi connectivity index (χ1) is 9.73. The maximum atomic E-state index is 12.1. The Morgan fingerprint density at radius 1 is 1.38 bits per heavy atom. The number of hydrogen-bond donors (Lipinski definition) is 1. The van der Waals surface area contributed by atoms with Crippen LogP contribution in [-0.4, -0.2) is 42.3 Å². The molecule has 0 saturated carbocycles. The second-order valence-corrected chi connectivity index (χ2v) is 7.67. The number of carbonyl (C=O) groups excluding carboxylic acids is 1. The Hall–Kier alpha value is -0.770. The monoisotopic (exact) mass is 298 g/mol. The molecule has 4 heteroatoms. The van der Waals surface area contributed by atoms with Gasteiger partial charge in [0.2, 0.25) is 0 Å². The van der Waals surface area contributed by atoms with Crippen LogP contribution < -0.4 is 5.32 Å². The van der Waals surface area contributed by atoms with Crippen molar-refractivity contribution < 1.29 is 9.53 Å². The van der Waals surface area contributed by atoms with E-state index < -0.39 is 5.60 Å². The number of hydrogen-bond acceptors (Lipinski definition) is 3. The molecule has 124 valence electrons. The molecule has 1 heterocycles. The quantitative estimate of drug-likeness (QED) is 0.813. The van der Waals surface area contributed by atoms with Crippen LogP contribution >= 0.6 is 0 Å². The lowest BCUT2D eigenvalue weighted by Gasteiger charge is -2.28. The Balaban J connectivity index is 2.54. The summed E-state index contributed by atoms with van der Waals surface area (Å²) in [6.07, 6.45) is 3.24. The Kier molecular flexibility index (Phi) is 6.98. The van der Waals surface area contributed by atoms with E-state index in [1.54, 1.807) is 0 Å². The minimum absolute atomic E-state index is 0.163. The van der Waals surface area contributed by atoms with Crippen LogP contribution in [0.4, 0.5) is 4.79 Å². The predicted octanol–water partition coefficient (Wildman–Crippen LogP) is 3.66.